The number of hydrogen-bond donors (Lipinski definition) is 1. The summed E-state index contributed by atoms with van der Waals surface area (Å²) in [6.07, 6.45) is 5.51. The lowest BCUT2D eigenvalue weighted by Crippen LogP contribution is -2.40. The van der Waals surface area contributed by atoms with Crippen LogP contribution in [0.3, 0.4) is 0 Å². The average molecular weight is 290 g/mol. The third-order valence-electron chi connectivity index (χ3n) is 4.84. The lowest BCUT2D eigenvalue weighted by atomic mass is 10.0. The minimum absolute atomic E-state index is 0.105. The summed E-state index contributed by atoms with van der Waals surface area (Å²) in [4.78, 5) is 14.7. The predicted octanol–water partition coefficient (Wildman–Crippen LogP) is 2.49. The van der Waals surface area contributed by atoms with Crippen LogP contribution in [0.4, 0.5) is 4.39 Å². The van der Waals surface area contributed by atoms with Gasteiger partial charge in [-0.2, -0.15) is 0 Å². The van der Waals surface area contributed by atoms with Crippen LogP contribution < -0.4 is 5.73 Å². The van der Waals surface area contributed by atoms with Crippen molar-refractivity contribution in [3.63, 3.8) is 0 Å². The molecule has 1 aromatic rings. The van der Waals surface area contributed by atoms with Crippen molar-refractivity contribution >= 4 is 5.91 Å². The molecule has 1 aromatic carbocycles. The highest BCUT2D eigenvalue weighted by Gasteiger charge is 2.36. The zero-order valence-corrected chi connectivity index (χ0v) is 12.3. The maximum absolute atomic E-state index is 13.3. The molecule has 2 N–H and O–H groups in total. The number of nitrogens with two attached hydrogens (primary N) is 1. The molecule has 1 aliphatic heterocycles. The van der Waals surface area contributed by atoms with Gasteiger partial charge in [-0.3, -0.25) is 4.79 Å². The summed E-state index contributed by atoms with van der Waals surface area (Å²) in [5, 5.41) is 0. The van der Waals surface area contributed by atoms with Crippen molar-refractivity contribution in [3.8, 4) is 0 Å². The summed E-state index contributed by atoms with van der Waals surface area (Å²) in [6, 6.07) is 7.12. The first kappa shape index (κ1) is 14.5. The highest BCUT2D eigenvalue weighted by atomic mass is 19.1. The van der Waals surface area contributed by atoms with Crippen LogP contribution in [0.2, 0.25) is 0 Å². The van der Waals surface area contributed by atoms with Crippen molar-refractivity contribution in [2.24, 2.45) is 11.7 Å². The van der Waals surface area contributed by atoms with Crippen LogP contribution in [0.5, 0.6) is 0 Å². The van der Waals surface area contributed by atoms with Gasteiger partial charge in [0.25, 0.3) is 0 Å². The molecule has 0 bridgehead atoms. The van der Waals surface area contributed by atoms with E-state index in [4.69, 9.17) is 5.73 Å². The van der Waals surface area contributed by atoms with E-state index in [0.717, 1.165) is 50.6 Å². The molecule has 114 valence electrons. The molecule has 2 aliphatic rings. The molecule has 1 heterocycles. The predicted molar refractivity (Wildman–Crippen MR) is 80.2 cm³/mol. The van der Waals surface area contributed by atoms with Crippen LogP contribution in [0, 0.1) is 11.7 Å². The molecule has 0 spiro atoms. The number of rotatable bonds is 3. The summed E-state index contributed by atoms with van der Waals surface area (Å²) < 4.78 is 13.3. The van der Waals surface area contributed by atoms with Crippen LogP contribution >= 0.6 is 0 Å². The van der Waals surface area contributed by atoms with E-state index in [-0.39, 0.29) is 29.7 Å². The minimum atomic E-state index is -0.204. The Hall–Kier alpha value is -1.42. The standard InChI is InChI=1S/C17H23FN2O/c18-14-4-1-3-12(9-14)10-16-5-2-8-20(16)17(21)13-6-7-15(19)11-13/h1,3-4,9,13,15-16H,2,5-8,10-11,19H2/t13-,15+,16-/m0/s1. The molecular weight excluding hydrogens is 267 g/mol. The van der Waals surface area contributed by atoms with Crippen LogP contribution in [0.15, 0.2) is 24.3 Å². The number of carbonyl (C=O) groups is 1. The second kappa shape index (κ2) is 6.14. The molecule has 1 amide bonds. The molecule has 0 aromatic heterocycles. The largest absolute Gasteiger partial charge is 0.339 e. The summed E-state index contributed by atoms with van der Waals surface area (Å²) >= 11 is 0. The van der Waals surface area contributed by atoms with E-state index in [0.29, 0.717) is 0 Å². The van der Waals surface area contributed by atoms with E-state index in [1.54, 1.807) is 12.1 Å². The van der Waals surface area contributed by atoms with E-state index in [1.807, 2.05) is 11.0 Å². The highest BCUT2D eigenvalue weighted by Crippen LogP contribution is 2.30. The Morgan fingerprint density at radius 2 is 2.19 bits per heavy atom. The third-order valence-corrected chi connectivity index (χ3v) is 4.84. The summed E-state index contributed by atoms with van der Waals surface area (Å²) in [5.41, 5.74) is 6.90. The van der Waals surface area contributed by atoms with Crippen molar-refractivity contribution in [2.75, 3.05) is 6.54 Å². The van der Waals surface area contributed by atoms with Gasteiger partial charge in [-0.1, -0.05) is 12.1 Å². The number of likely N-dealkylation sites (tertiary alicyclic amines) is 1. The second-order valence-electron chi connectivity index (χ2n) is 6.43. The Labute approximate surface area is 125 Å². The fourth-order valence-corrected chi connectivity index (χ4v) is 3.75. The average Bonchev–Trinajstić information content (AvgIpc) is 3.07. The third kappa shape index (κ3) is 3.26. The Morgan fingerprint density at radius 3 is 2.90 bits per heavy atom. The van der Waals surface area contributed by atoms with Crippen LogP contribution in [0.1, 0.15) is 37.7 Å². The molecule has 3 atom stereocenters. The topological polar surface area (TPSA) is 46.3 Å². The number of carbonyl (C=O) groups excluding carboxylic acids is 1. The van der Waals surface area contributed by atoms with Gasteiger partial charge in [-0.25, -0.2) is 4.39 Å². The van der Waals surface area contributed by atoms with Gasteiger partial charge in [-0.15, -0.1) is 0 Å². The molecule has 2 fully saturated rings. The molecule has 4 heteroatoms. The summed E-state index contributed by atoms with van der Waals surface area (Å²) in [7, 11) is 0. The number of benzene rings is 1. The van der Waals surface area contributed by atoms with Gasteiger partial charge in [-0.05, 0) is 56.2 Å². The van der Waals surface area contributed by atoms with E-state index >= 15 is 0 Å². The minimum Gasteiger partial charge on any atom is -0.339 e. The van der Waals surface area contributed by atoms with Crippen molar-refractivity contribution < 1.29 is 9.18 Å². The quantitative estimate of drug-likeness (QED) is 0.929. The summed E-state index contributed by atoms with van der Waals surface area (Å²) in [6.45, 7) is 0.838. The van der Waals surface area contributed by atoms with E-state index in [9.17, 15) is 9.18 Å². The van der Waals surface area contributed by atoms with Crippen molar-refractivity contribution in [1.82, 2.24) is 4.90 Å². The Bertz CT molecular complexity index is 519. The second-order valence-corrected chi connectivity index (χ2v) is 6.43. The maximum atomic E-state index is 13.3. The lowest BCUT2D eigenvalue weighted by molar-refractivity contribution is -0.136. The maximum Gasteiger partial charge on any atom is 0.226 e. The highest BCUT2D eigenvalue weighted by molar-refractivity contribution is 5.79. The van der Waals surface area contributed by atoms with E-state index in [2.05, 4.69) is 0 Å². The van der Waals surface area contributed by atoms with Crippen LogP contribution in [0.25, 0.3) is 0 Å². The van der Waals surface area contributed by atoms with Gasteiger partial charge in [0.15, 0.2) is 0 Å². The molecule has 1 saturated carbocycles. The SMILES string of the molecule is N[C@@H]1CC[C@H](C(=O)N2CCC[C@H]2Cc2cccc(F)c2)C1. The fourth-order valence-electron chi connectivity index (χ4n) is 3.75. The van der Waals surface area contributed by atoms with E-state index < -0.39 is 0 Å². The molecule has 1 aliphatic carbocycles. The normalized spacial score (nSPS) is 29.0. The first-order valence-electron chi connectivity index (χ1n) is 7.94. The Balaban J connectivity index is 1.66. The van der Waals surface area contributed by atoms with Crippen LogP contribution in [-0.2, 0) is 11.2 Å². The first-order valence-corrected chi connectivity index (χ1v) is 7.94. The molecule has 0 unspecified atom stereocenters. The monoisotopic (exact) mass is 290 g/mol. The smallest absolute Gasteiger partial charge is 0.226 e. The number of halogens is 1. The fraction of sp³-hybridized carbons (Fsp3) is 0.588. The number of nitrogens with zero attached hydrogens (tertiary/aromatic N) is 1. The molecule has 21 heavy (non-hydrogen) atoms. The van der Waals surface area contributed by atoms with Crippen LogP contribution in [-0.4, -0.2) is 29.4 Å². The lowest BCUT2D eigenvalue weighted by Gasteiger charge is -2.27. The van der Waals surface area contributed by atoms with Gasteiger partial charge in [0.1, 0.15) is 5.82 Å². The van der Waals surface area contributed by atoms with E-state index in [1.165, 1.54) is 6.07 Å². The van der Waals surface area contributed by atoms with Gasteiger partial charge in [0.2, 0.25) is 5.91 Å². The molecule has 0 radical (unpaired) electrons. The number of amides is 1. The zero-order chi connectivity index (χ0) is 14.8. The van der Waals surface area contributed by atoms with Crippen molar-refractivity contribution in [2.45, 2.75) is 50.6 Å². The Kier molecular flexibility index (Phi) is 4.24. The zero-order valence-electron chi connectivity index (χ0n) is 12.3. The number of hydrogen-bond acceptors (Lipinski definition) is 2. The molecule has 1 saturated heterocycles. The van der Waals surface area contributed by atoms with Gasteiger partial charge in [0, 0.05) is 24.5 Å². The molecule has 3 rings (SSSR count). The van der Waals surface area contributed by atoms with Crippen molar-refractivity contribution in [1.29, 1.82) is 0 Å². The van der Waals surface area contributed by atoms with Crippen molar-refractivity contribution in [3.05, 3.63) is 35.6 Å². The van der Waals surface area contributed by atoms with Gasteiger partial charge >= 0.3 is 0 Å². The molecular formula is C17H23FN2O. The Morgan fingerprint density at radius 1 is 1.33 bits per heavy atom. The first-order chi connectivity index (χ1) is 10.1. The summed E-state index contributed by atoms with van der Waals surface area (Å²) in [5.74, 6) is 0.167. The van der Waals surface area contributed by atoms with Gasteiger partial charge < -0.3 is 10.6 Å². The molecule has 3 nitrogen and oxygen atoms in total. The van der Waals surface area contributed by atoms with Gasteiger partial charge in [0.05, 0.1) is 0 Å².